The smallest absolute Gasteiger partial charge is 0.209 e. The Bertz CT molecular complexity index is 472. The van der Waals surface area contributed by atoms with Crippen molar-refractivity contribution < 1.29 is 4.79 Å². The van der Waals surface area contributed by atoms with E-state index in [1.165, 1.54) is 0 Å². The molecular formula is C12H12N2O. The van der Waals surface area contributed by atoms with Gasteiger partial charge in [0.1, 0.15) is 0 Å². The minimum Gasteiger partial charge on any atom is -0.385 e. The third kappa shape index (κ3) is 1.46. The first-order chi connectivity index (χ1) is 7.27. The Morgan fingerprint density at radius 2 is 1.87 bits per heavy atom. The minimum absolute atomic E-state index is 0.0282. The Morgan fingerprint density at radius 1 is 1.20 bits per heavy atom. The van der Waals surface area contributed by atoms with Crippen LogP contribution in [0.25, 0.3) is 0 Å². The number of benzene rings is 1. The summed E-state index contributed by atoms with van der Waals surface area (Å²) in [5.41, 5.74) is 3.05. The third-order valence-corrected chi connectivity index (χ3v) is 2.48. The average Bonchev–Trinajstić information content (AvgIpc) is 2.30. The van der Waals surface area contributed by atoms with Crippen LogP contribution in [0.1, 0.15) is 15.9 Å². The number of likely N-dealkylation sites (N-methyl/N-ethyl adjacent to an activating group) is 1. The Kier molecular flexibility index (Phi) is 2.37. The predicted octanol–water partition coefficient (Wildman–Crippen LogP) is 1.41. The highest BCUT2D eigenvalue weighted by molar-refractivity contribution is 6.25. The number of nitrogens with zero attached hydrogens (tertiary/aromatic N) is 1. The molecule has 0 amide bonds. The van der Waals surface area contributed by atoms with Gasteiger partial charge in [-0.25, -0.2) is 0 Å². The minimum atomic E-state index is 0.0282. The SMILES string of the molecule is CN=C1C=C(NC)C(=O)c2ccccc21. The van der Waals surface area contributed by atoms with E-state index in [4.69, 9.17) is 0 Å². The van der Waals surface area contributed by atoms with Gasteiger partial charge in [0.15, 0.2) is 0 Å². The van der Waals surface area contributed by atoms with E-state index in [1.54, 1.807) is 20.2 Å². The third-order valence-electron chi connectivity index (χ3n) is 2.48. The molecule has 1 aromatic rings. The number of hydrogen-bond acceptors (Lipinski definition) is 3. The summed E-state index contributed by atoms with van der Waals surface area (Å²) in [4.78, 5) is 16.1. The lowest BCUT2D eigenvalue weighted by molar-refractivity contribution is 0.102. The Labute approximate surface area is 88.5 Å². The van der Waals surface area contributed by atoms with Gasteiger partial charge >= 0.3 is 0 Å². The molecular weight excluding hydrogens is 188 g/mol. The van der Waals surface area contributed by atoms with Crippen LogP contribution in [0, 0.1) is 0 Å². The standard InChI is InChI=1S/C12H12N2O/c1-13-10-7-11(14-2)12(15)9-6-4-3-5-8(9)10/h3-7,14H,1-2H3. The van der Waals surface area contributed by atoms with Crippen molar-refractivity contribution in [2.75, 3.05) is 14.1 Å². The van der Waals surface area contributed by atoms with Crippen LogP contribution >= 0.6 is 0 Å². The van der Waals surface area contributed by atoms with E-state index < -0.39 is 0 Å². The fraction of sp³-hybridized carbons (Fsp3) is 0.167. The molecule has 0 bridgehead atoms. The first kappa shape index (κ1) is 9.65. The second-order valence-corrected chi connectivity index (χ2v) is 3.29. The number of carbonyl (C=O) groups is 1. The van der Waals surface area contributed by atoms with E-state index in [-0.39, 0.29) is 5.78 Å². The van der Waals surface area contributed by atoms with Crippen molar-refractivity contribution >= 4 is 11.5 Å². The lowest BCUT2D eigenvalue weighted by Gasteiger charge is -2.16. The maximum absolute atomic E-state index is 11.9. The van der Waals surface area contributed by atoms with Crippen molar-refractivity contribution in [2.45, 2.75) is 0 Å². The summed E-state index contributed by atoms with van der Waals surface area (Å²) in [5.74, 6) is 0.0282. The Morgan fingerprint density at radius 3 is 2.47 bits per heavy atom. The monoisotopic (exact) mass is 200 g/mol. The molecule has 0 saturated heterocycles. The van der Waals surface area contributed by atoms with Gasteiger partial charge in [0.25, 0.3) is 0 Å². The van der Waals surface area contributed by atoms with Crippen molar-refractivity contribution in [3.05, 3.63) is 47.2 Å². The average molecular weight is 200 g/mol. The summed E-state index contributed by atoms with van der Waals surface area (Å²) in [5, 5.41) is 2.89. The quantitative estimate of drug-likeness (QED) is 0.744. The number of rotatable bonds is 1. The first-order valence-corrected chi connectivity index (χ1v) is 4.78. The van der Waals surface area contributed by atoms with Crippen LogP contribution in [0.2, 0.25) is 0 Å². The van der Waals surface area contributed by atoms with E-state index in [9.17, 15) is 4.79 Å². The molecule has 1 N–H and O–H groups in total. The molecule has 15 heavy (non-hydrogen) atoms. The van der Waals surface area contributed by atoms with Crippen LogP contribution in [0.3, 0.4) is 0 Å². The number of nitrogens with one attached hydrogen (secondary N) is 1. The predicted molar refractivity (Wildman–Crippen MR) is 60.4 cm³/mol. The summed E-state index contributed by atoms with van der Waals surface area (Å²) in [6.07, 6.45) is 1.78. The number of fused-ring (bicyclic) bond motifs is 1. The molecule has 0 atom stereocenters. The molecule has 0 fully saturated rings. The van der Waals surface area contributed by atoms with Crippen LogP contribution in [0.5, 0.6) is 0 Å². The second kappa shape index (κ2) is 3.69. The highest BCUT2D eigenvalue weighted by atomic mass is 16.1. The van der Waals surface area contributed by atoms with Crippen molar-refractivity contribution in [1.82, 2.24) is 5.32 Å². The molecule has 0 unspecified atom stereocenters. The topological polar surface area (TPSA) is 41.5 Å². The van der Waals surface area contributed by atoms with E-state index in [2.05, 4.69) is 10.3 Å². The lowest BCUT2D eigenvalue weighted by atomic mass is 9.92. The van der Waals surface area contributed by atoms with Gasteiger partial charge in [-0.3, -0.25) is 9.79 Å². The van der Waals surface area contributed by atoms with Crippen LogP contribution < -0.4 is 5.32 Å². The first-order valence-electron chi connectivity index (χ1n) is 4.78. The highest BCUT2D eigenvalue weighted by Gasteiger charge is 2.22. The highest BCUT2D eigenvalue weighted by Crippen LogP contribution is 2.19. The van der Waals surface area contributed by atoms with E-state index >= 15 is 0 Å². The molecule has 0 heterocycles. The van der Waals surface area contributed by atoms with Crippen LogP contribution in [-0.2, 0) is 0 Å². The van der Waals surface area contributed by atoms with Gasteiger partial charge in [0.2, 0.25) is 5.78 Å². The van der Waals surface area contributed by atoms with Gasteiger partial charge in [-0.15, -0.1) is 0 Å². The van der Waals surface area contributed by atoms with Crippen molar-refractivity contribution in [2.24, 2.45) is 4.99 Å². The van der Waals surface area contributed by atoms with Gasteiger partial charge in [-0.1, -0.05) is 24.3 Å². The number of carbonyl (C=O) groups excluding carboxylic acids is 1. The van der Waals surface area contributed by atoms with E-state index in [0.29, 0.717) is 11.3 Å². The fourth-order valence-electron chi connectivity index (χ4n) is 1.70. The molecule has 76 valence electrons. The van der Waals surface area contributed by atoms with E-state index in [1.807, 2.05) is 24.3 Å². The lowest BCUT2D eigenvalue weighted by Crippen LogP contribution is -2.24. The molecule has 0 aromatic heterocycles. The molecule has 1 aromatic carbocycles. The Hall–Kier alpha value is -1.90. The summed E-state index contributed by atoms with van der Waals surface area (Å²) >= 11 is 0. The van der Waals surface area contributed by atoms with Gasteiger partial charge in [0.05, 0.1) is 11.4 Å². The zero-order chi connectivity index (χ0) is 10.8. The summed E-state index contributed by atoms with van der Waals surface area (Å²) in [6.45, 7) is 0. The largest absolute Gasteiger partial charge is 0.385 e. The molecule has 0 aliphatic heterocycles. The number of Topliss-reactive ketones (excluding diaryl/α,β-unsaturated/α-hetero) is 1. The van der Waals surface area contributed by atoms with Gasteiger partial charge in [-0.2, -0.15) is 0 Å². The van der Waals surface area contributed by atoms with Gasteiger partial charge in [-0.05, 0) is 6.08 Å². The number of allylic oxidation sites excluding steroid dienone is 2. The Balaban J connectivity index is 2.64. The maximum atomic E-state index is 11.9. The zero-order valence-corrected chi connectivity index (χ0v) is 8.74. The molecule has 0 spiro atoms. The van der Waals surface area contributed by atoms with Crippen molar-refractivity contribution in [1.29, 1.82) is 0 Å². The number of hydrogen-bond donors (Lipinski definition) is 1. The number of aliphatic imine (C=N–C) groups is 1. The summed E-state index contributed by atoms with van der Waals surface area (Å²) in [6, 6.07) is 7.52. The number of ketones is 1. The maximum Gasteiger partial charge on any atom is 0.209 e. The van der Waals surface area contributed by atoms with Gasteiger partial charge in [0, 0.05) is 25.2 Å². The molecule has 0 radical (unpaired) electrons. The zero-order valence-electron chi connectivity index (χ0n) is 8.74. The molecule has 1 aliphatic carbocycles. The normalized spacial score (nSPS) is 17.3. The fourth-order valence-corrected chi connectivity index (χ4v) is 1.70. The molecule has 2 rings (SSSR count). The van der Waals surface area contributed by atoms with Crippen LogP contribution in [-0.4, -0.2) is 25.6 Å². The molecule has 0 saturated carbocycles. The summed E-state index contributed by atoms with van der Waals surface area (Å²) < 4.78 is 0. The van der Waals surface area contributed by atoms with Crippen molar-refractivity contribution in [3.8, 4) is 0 Å². The molecule has 3 nitrogen and oxygen atoms in total. The van der Waals surface area contributed by atoms with Crippen molar-refractivity contribution in [3.63, 3.8) is 0 Å². The van der Waals surface area contributed by atoms with Gasteiger partial charge < -0.3 is 5.32 Å². The van der Waals surface area contributed by atoms with Crippen LogP contribution in [0.4, 0.5) is 0 Å². The molecule has 3 heteroatoms. The second-order valence-electron chi connectivity index (χ2n) is 3.29. The van der Waals surface area contributed by atoms with Crippen LogP contribution in [0.15, 0.2) is 41.0 Å². The molecule has 1 aliphatic rings. The van der Waals surface area contributed by atoms with E-state index in [0.717, 1.165) is 11.3 Å². The summed E-state index contributed by atoms with van der Waals surface area (Å²) in [7, 11) is 3.47.